The number of likely N-dealkylation sites (tertiary alicyclic amines) is 1. The fourth-order valence-corrected chi connectivity index (χ4v) is 2.64. The fraction of sp³-hybridized carbons (Fsp3) is 0.467. The Morgan fingerprint density at radius 2 is 2.19 bits per heavy atom. The number of benzene rings is 1. The molecule has 2 rings (SSSR count). The first-order valence-corrected chi connectivity index (χ1v) is 7.36. The molecule has 1 saturated heterocycles. The largest absolute Gasteiger partial charge is 0.506 e. The number of piperidine rings is 1. The first-order valence-electron chi connectivity index (χ1n) is 6.99. The van der Waals surface area contributed by atoms with E-state index in [1.165, 1.54) is 12.1 Å². The number of rotatable bonds is 4. The average Bonchev–Trinajstić information content (AvgIpc) is 2.49. The lowest BCUT2D eigenvalue weighted by atomic mass is 9.95. The maximum absolute atomic E-state index is 12.2. The molecule has 1 aromatic rings. The summed E-state index contributed by atoms with van der Waals surface area (Å²) in [5, 5.41) is 21.5. The molecule has 2 N–H and O–H groups in total. The highest BCUT2D eigenvalue weighted by molar-refractivity contribution is 6.31. The van der Waals surface area contributed by atoms with Crippen LogP contribution in [0, 0.1) is 17.2 Å². The first kappa shape index (κ1) is 15.6. The van der Waals surface area contributed by atoms with E-state index in [9.17, 15) is 9.90 Å². The maximum atomic E-state index is 12.2. The Kier molecular flexibility index (Phi) is 5.43. The third-order valence-corrected chi connectivity index (χ3v) is 3.95. The molecular weight excluding hydrogens is 290 g/mol. The molecule has 5 nitrogen and oxygen atoms in total. The zero-order valence-corrected chi connectivity index (χ0v) is 12.4. The SMILES string of the molecule is N#CCCN1CCC(C(=O)Nc2cc(Cl)ccc2O)CC1. The number of carbonyl (C=O) groups is 1. The third kappa shape index (κ3) is 4.35. The van der Waals surface area contributed by atoms with Gasteiger partial charge in [0.05, 0.1) is 11.8 Å². The van der Waals surface area contributed by atoms with Gasteiger partial charge in [-0.2, -0.15) is 5.26 Å². The Balaban J connectivity index is 1.88. The molecule has 0 saturated carbocycles. The smallest absolute Gasteiger partial charge is 0.227 e. The fourth-order valence-electron chi connectivity index (χ4n) is 2.47. The predicted molar refractivity (Wildman–Crippen MR) is 81.1 cm³/mol. The highest BCUT2D eigenvalue weighted by Crippen LogP contribution is 2.28. The van der Waals surface area contributed by atoms with Gasteiger partial charge in [0, 0.05) is 23.9 Å². The number of nitrogens with one attached hydrogen (secondary N) is 1. The van der Waals surface area contributed by atoms with Crippen LogP contribution in [0.5, 0.6) is 5.75 Å². The van der Waals surface area contributed by atoms with E-state index in [0.29, 0.717) is 17.1 Å². The zero-order chi connectivity index (χ0) is 15.2. The summed E-state index contributed by atoms with van der Waals surface area (Å²) >= 11 is 5.86. The third-order valence-electron chi connectivity index (χ3n) is 3.71. The normalized spacial score (nSPS) is 16.4. The van der Waals surface area contributed by atoms with Gasteiger partial charge < -0.3 is 15.3 Å². The molecule has 6 heteroatoms. The zero-order valence-electron chi connectivity index (χ0n) is 11.7. The van der Waals surface area contributed by atoms with Crippen LogP contribution in [0.2, 0.25) is 5.02 Å². The molecule has 1 aromatic carbocycles. The van der Waals surface area contributed by atoms with E-state index in [4.69, 9.17) is 16.9 Å². The molecule has 1 heterocycles. The molecule has 1 amide bonds. The number of amides is 1. The molecule has 1 aliphatic heterocycles. The Bertz CT molecular complexity index is 548. The summed E-state index contributed by atoms with van der Waals surface area (Å²) in [5.74, 6) is -0.145. The Morgan fingerprint density at radius 1 is 1.48 bits per heavy atom. The van der Waals surface area contributed by atoms with Crippen LogP contribution >= 0.6 is 11.6 Å². The number of aromatic hydroxyl groups is 1. The minimum absolute atomic E-state index is 0.0132. The highest BCUT2D eigenvalue weighted by atomic mass is 35.5. The van der Waals surface area contributed by atoms with Crippen molar-refractivity contribution >= 4 is 23.2 Å². The Morgan fingerprint density at radius 3 is 2.86 bits per heavy atom. The average molecular weight is 308 g/mol. The number of halogens is 1. The van der Waals surface area contributed by atoms with Crippen LogP contribution in [-0.4, -0.2) is 35.5 Å². The Hall–Kier alpha value is -1.77. The number of hydrogen-bond donors (Lipinski definition) is 2. The molecule has 0 unspecified atom stereocenters. The van der Waals surface area contributed by atoms with E-state index < -0.39 is 0 Å². The molecule has 1 fully saturated rings. The second kappa shape index (κ2) is 7.30. The topological polar surface area (TPSA) is 76.4 Å². The molecule has 112 valence electrons. The van der Waals surface area contributed by atoms with Crippen molar-refractivity contribution in [1.29, 1.82) is 5.26 Å². The van der Waals surface area contributed by atoms with Gasteiger partial charge in [-0.05, 0) is 44.1 Å². The summed E-state index contributed by atoms with van der Waals surface area (Å²) in [6.07, 6.45) is 2.05. The van der Waals surface area contributed by atoms with Crippen LogP contribution in [0.15, 0.2) is 18.2 Å². The number of anilines is 1. The van der Waals surface area contributed by atoms with Crippen LogP contribution in [0.3, 0.4) is 0 Å². The Labute approximate surface area is 129 Å². The number of hydrogen-bond acceptors (Lipinski definition) is 4. The van der Waals surface area contributed by atoms with E-state index >= 15 is 0 Å². The van der Waals surface area contributed by atoms with Crippen molar-refractivity contribution in [2.75, 3.05) is 25.0 Å². The molecule has 0 aromatic heterocycles. The summed E-state index contributed by atoms with van der Waals surface area (Å²) in [4.78, 5) is 14.4. The van der Waals surface area contributed by atoms with Crippen LogP contribution in [0.25, 0.3) is 0 Å². The number of phenolic OH excluding ortho intramolecular Hbond substituents is 1. The minimum Gasteiger partial charge on any atom is -0.506 e. The second-order valence-electron chi connectivity index (χ2n) is 5.17. The van der Waals surface area contributed by atoms with Gasteiger partial charge >= 0.3 is 0 Å². The molecule has 0 spiro atoms. The standard InChI is InChI=1S/C15H18ClN3O2/c16-12-2-3-14(20)13(10-12)18-15(21)11-4-8-19(9-5-11)7-1-6-17/h2-3,10-11,20H,1,4-5,7-9H2,(H,18,21). The van der Waals surface area contributed by atoms with E-state index in [-0.39, 0.29) is 17.6 Å². The maximum Gasteiger partial charge on any atom is 0.227 e. The van der Waals surface area contributed by atoms with Crippen LogP contribution in [0.1, 0.15) is 19.3 Å². The minimum atomic E-state index is -0.0903. The van der Waals surface area contributed by atoms with E-state index in [1.807, 2.05) is 0 Å². The molecule has 21 heavy (non-hydrogen) atoms. The molecule has 0 aliphatic carbocycles. The summed E-state index contributed by atoms with van der Waals surface area (Å²) in [7, 11) is 0. The van der Waals surface area contributed by atoms with Crippen molar-refractivity contribution in [3.63, 3.8) is 0 Å². The number of nitrogens with zero attached hydrogens (tertiary/aromatic N) is 2. The molecule has 0 bridgehead atoms. The van der Waals surface area contributed by atoms with Gasteiger partial charge in [0.15, 0.2) is 0 Å². The lowest BCUT2D eigenvalue weighted by molar-refractivity contribution is -0.121. The predicted octanol–water partition coefficient (Wildman–Crippen LogP) is 2.61. The van der Waals surface area contributed by atoms with Gasteiger partial charge in [-0.3, -0.25) is 4.79 Å². The van der Waals surface area contributed by atoms with Crippen molar-refractivity contribution < 1.29 is 9.90 Å². The van der Waals surface area contributed by atoms with Gasteiger partial charge in [-0.1, -0.05) is 11.6 Å². The monoisotopic (exact) mass is 307 g/mol. The number of phenols is 1. The van der Waals surface area contributed by atoms with Gasteiger partial charge in [0.2, 0.25) is 5.91 Å². The van der Waals surface area contributed by atoms with Crippen LogP contribution in [-0.2, 0) is 4.79 Å². The van der Waals surface area contributed by atoms with Crippen molar-refractivity contribution in [2.45, 2.75) is 19.3 Å². The van der Waals surface area contributed by atoms with E-state index in [1.54, 1.807) is 6.07 Å². The second-order valence-corrected chi connectivity index (χ2v) is 5.61. The number of carbonyl (C=O) groups excluding carboxylic acids is 1. The highest BCUT2D eigenvalue weighted by Gasteiger charge is 2.25. The molecular formula is C15H18ClN3O2. The van der Waals surface area contributed by atoms with Gasteiger partial charge in [0.1, 0.15) is 5.75 Å². The van der Waals surface area contributed by atoms with Gasteiger partial charge in [-0.25, -0.2) is 0 Å². The van der Waals surface area contributed by atoms with Gasteiger partial charge in [-0.15, -0.1) is 0 Å². The summed E-state index contributed by atoms with van der Waals surface area (Å²) < 4.78 is 0. The first-order chi connectivity index (χ1) is 10.1. The quantitative estimate of drug-likeness (QED) is 0.838. The van der Waals surface area contributed by atoms with Crippen molar-refractivity contribution in [3.05, 3.63) is 23.2 Å². The van der Waals surface area contributed by atoms with Crippen LogP contribution in [0.4, 0.5) is 5.69 Å². The van der Waals surface area contributed by atoms with E-state index in [0.717, 1.165) is 32.5 Å². The molecule has 0 radical (unpaired) electrons. The van der Waals surface area contributed by atoms with Crippen molar-refractivity contribution in [1.82, 2.24) is 4.90 Å². The molecule has 0 atom stereocenters. The summed E-state index contributed by atoms with van der Waals surface area (Å²) in [5.41, 5.74) is 0.347. The lowest BCUT2D eigenvalue weighted by Gasteiger charge is -2.30. The van der Waals surface area contributed by atoms with E-state index in [2.05, 4.69) is 16.3 Å². The lowest BCUT2D eigenvalue weighted by Crippen LogP contribution is -2.38. The van der Waals surface area contributed by atoms with Gasteiger partial charge in [0.25, 0.3) is 0 Å². The van der Waals surface area contributed by atoms with Crippen LogP contribution < -0.4 is 5.32 Å². The number of nitriles is 1. The van der Waals surface area contributed by atoms with Crippen molar-refractivity contribution in [3.8, 4) is 11.8 Å². The van der Waals surface area contributed by atoms with Crippen molar-refractivity contribution in [2.24, 2.45) is 5.92 Å². The molecule has 1 aliphatic rings. The summed E-state index contributed by atoms with van der Waals surface area (Å²) in [6.45, 7) is 2.41. The summed E-state index contributed by atoms with van der Waals surface area (Å²) in [6, 6.07) is 6.70.